The van der Waals surface area contributed by atoms with Crippen molar-refractivity contribution in [1.29, 1.82) is 0 Å². The van der Waals surface area contributed by atoms with Crippen LogP contribution in [0, 0.1) is 0 Å². The molecule has 0 aliphatic heterocycles. The molecule has 0 amide bonds. The van der Waals surface area contributed by atoms with Gasteiger partial charge in [0.15, 0.2) is 4.73 Å². The average molecular weight is 302 g/mol. The third-order valence-electron chi connectivity index (χ3n) is 1.68. The predicted molar refractivity (Wildman–Crippen MR) is 59.0 cm³/mol. The second-order valence-corrected chi connectivity index (χ2v) is 4.17. The zero-order valence-corrected chi connectivity index (χ0v) is 9.79. The molecule has 66 valence electrons. The standard InChI is InChI=1S/C9H6Br2N2/c10-7-2-1-3-8(6-7)13-5-4-12-9(13)11/h1-6H. The molecule has 0 radical (unpaired) electrons. The number of imidazole rings is 1. The average Bonchev–Trinajstić information content (AvgIpc) is 2.51. The lowest BCUT2D eigenvalue weighted by Crippen LogP contribution is -1.91. The largest absolute Gasteiger partial charge is 0.294 e. The molecule has 0 fully saturated rings. The molecule has 0 atom stereocenters. The summed E-state index contributed by atoms with van der Waals surface area (Å²) in [6.07, 6.45) is 3.66. The quantitative estimate of drug-likeness (QED) is 0.789. The van der Waals surface area contributed by atoms with Crippen molar-refractivity contribution in [3.05, 3.63) is 45.9 Å². The van der Waals surface area contributed by atoms with Crippen LogP contribution in [0.5, 0.6) is 0 Å². The molecular formula is C9H6Br2N2. The first-order valence-corrected chi connectivity index (χ1v) is 5.31. The number of nitrogens with zero attached hydrogens (tertiary/aromatic N) is 2. The van der Waals surface area contributed by atoms with E-state index in [1.165, 1.54) is 0 Å². The maximum atomic E-state index is 4.09. The van der Waals surface area contributed by atoms with Gasteiger partial charge in [-0.2, -0.15) is 0 Å². The highest BCUT2D eigenvalue weighted by atomic mass is 79.9. The van der Waals surface area contributed by atoms with Crippen molar-refractivity contribution in [2.45, 2.75) is 0 Å². The summed E-state index contributed by atoms with van der Waals surface area (Å²) >= 11 is 6.79. The molecule has 2 aromatic rings. The van der Waals surface area contributed by atoms with Gasteiger partial charge in [-0.1, -0.05) is 22.0 Å². The van der Waals surface area contributed by atoms with Gasteiger partial charge in [-0.05, 0) is 34.1 Å². The van der Waals surface area contributed by atoms with Crippen molar-refractivity contribution in [3.8, 4) is 5.69 Å². The molecule has 2 nitrogen and oxygen atoms in total. The molecule has 0 aliphatic carbocycles. The number of rotatable bonds is 1. The fourth-order valence-corrected chi connectivity index (χ4v) is 1.93. The molecule has 0 saturated heterocycles. The van der Waals surface area contributed by atoms with Crippen molar-refractivity contribution >= 4 is 31.9 Å². The van der Waals surface area contributed by atoms with Crippen molar-refractivity contribution in [1.82, 2.24) is 9.55 Å². The summed E-state index contributed by atoms with van der Waals surface area (Å²) in [4.78, 5) is 4.09. The molecule has 1 aromatic carbocycles. The Hall–Kier alpha value is -0.610. The van der Waals surface area contributed by atoms with Crippen LogP contribution in [0.25, 0.3) is 5.69 Å². The first-order chi connectivity index (χ1) is 6.27. The lowest BCUT2D eigenvalue weighted by atomic mass is 10.3. The van der Waals surface area contributed by atoms with Crippen molar-refractivity contribution in [2.75, 3.05) is 0 Å². The lowest BCUT2D eigenvalue weighted by Gasteiger charge is -2.03. The summed E-state index contributed by atoms with van der Waals surface area (Å²) in [6, 6.07) is 8.05. The van der Waals surface area contributed by atoms with E-state index in [9.17, 15) is 0 Å². The van der Waals surface area contributed by atoms with Gasteiger partial charge in [-0.15, -0.1) is 0 Å². The van der Waals surface area contributed by atoms with Crippen LogP contribution in [0.4, 0.5) is 0 Å². The normalized spacial score (nSPS) is 10.3. The maximum Gasteiger partial charge on any atom is 0.181 e. The first-order valence-electron chi connectivity index (χ1n) is 3.72. The molecule has 0 N–H and O–H groups in total. The highest BCUT2D eigenvalue weighted by Gasteiger charge is 2.00. The Balaban J connectivity index is 2.53. The fraction of sp³-hybridized carbons (Fsp3) is 0. The van der Waals surface area contributed by atoms with Gasteiger partial charge in [0.2, 0.25) is 0 Å². The van der Waals surface area contributed by atoms with Crippen molar-refractivity contribution in [2.24, 2.45) is 0 Å². The number of aromatic nitrogens is 2. The second kappa shape index (κ2) is 3.64. The van der Waals surface area contributed by atoms with Crippen LogP contribution < -0.4 is 0 Å². The molecular weight excluding hydrogens is 296 g/mol. The van der Waals surface area contributed by atoms with E-state index in [1.807, 2.05) is 35.0 Å². The zero-order valence-electron chi connectivity index (χ0n) is 6.61. The van der Waals surface area contributed by atoms with Crippen molar-refractivity contribution in [3.63, 3.8) is 0 Å². The molecule has 1 heterocycles. The van der Waals surface area contributed by atoms with Gasteiger partial charge in [-0.3, -0.25) is 4.57 Å². The predicted octanol–water partition coefficient (Wildman–Crippen LogP) is 3.40. The lowest BCUT2D eigenvalue weighted by molar-refractivity contribution is 1.01. The summed E-state index contributed by atoms with van der Waals surface area (Å²) in [5.74, 6) is 0. The smallest absolute Gasteiger partial charge is 0.181 e. The SMILES string of the molecule is Brc1cccc(-n2ccnc2Br)c1. The maximum absolute atomic E-state index is 4.09. The molecule has 0 unspecified atom stereocenters. The van der Waals surface area contributed by atoms with E-state index in [1.54, 1.807) is 6.20 Å². The van der Waals surface area contributed by atoms with E-state index in [0.717, 1.165) is 14.9 Å². The second-order valence-electron chi connectivity index (χ2n) is 2.55. The van der Waals surface area contributed by atoms with E-state index >= 15 is 0 Å². The van der Waals surface area contributed by atoms with Gasteiger partial charge < -0.3 is 0 Å². The summed E-state index contributed by atoms with van der Waals surface area (Å²) in [7, 11) is 0. The minimum absolute atomic E-state index is 0.811. The number of halogens is 2. The Kier molecular flexibility index (Phi) is 2.51. The molecule has 0 aliphatic rings. The molecule has 1 aromatic heterocycles. The van der Waals surface area contributed by atoms with Gasteiger partial charge in [0, 0.05) is 22.6 Å². The molecule has 13 heavy (non-hydrogen) atoms. The number of hydrogen-bond acceptors (Lipinski definition) is 1. The Morgan fingerprint density at radius 1 is 1.23 bits per heavy atom. The third kappa shape index (κ3) is 1.84. The van der Waals surface area contributed by atoms with E-state index in [0.29, 0.717) is 0 Å². The Morgan fingerprint density at radius 3 is 2.69 bits per heavy atom. The van der Waals surface area contributed by atoms with Crippen LogP contribution in [-0.2, 0) is 0 Å². The van der Waals surface area contributed by atoms with E-state index < -0.39 is 0 Å². The highest BCUT2D eigenvalue weighted by Crippen LogP contribution is 2.18. The van der Waals surface area contributed by atoms with E-state index in [2.05, 4.69) is 36.8 Å². The molecule has 2 rings (SSSR count). The van der Waals surface area contributed by atoms with Crippen LogP contribution in [0.1, 0.15) is 0 Å². The number of benzene rings is 1. The minimum atomic E-state index is 0.811. The minimum Gasteiger partial charge on any atom is -0.294 e. The molecule has 0 saturated carbocycles. The van der Waals surface area contributed by atoms with Gasteiger partial charge >= 0.3 is 0 Å². The van der Waals surface area contributed by atoms with Crippen LogP contribution >= 0.6 is 31.9 Å². The van der Waals surface area contributed by atoms with Gasteiger partial charge in [0.1, 0.15) is 0 Å². The Labute approximate surface area is 92.9 Å². The van der Waals surface area contributed by atoms with E-state index in [4.69, 9.17) is 0 Å². The van der Waals surface area contributed by atoms with Crippen LogP contribution in [0.15, 0.2) is 45.9 Å². The molecule has 4 heteroatoms. The topological polar surface area (TPSA) is 17.8 Å². The third-order valence-corrected chi connectivity index (χ3v) is 2.76. The summed E-state index contributed by atoms with van der Waals surface area (Å²) < 4.78 is 3.83. The van der Waals surface area contributed by atoms with Gasteiger partial charge in [0.25, 0.3) is 0 Å². The highest BCUT2D eigenvalue weighted by molar-refractivity contribution is 9.10. The summed E-state index contributed by atoms with van der Waals surface area (Å²) in [5, 5.41) is 0. The summed E-state index contributed by atoms with van der Waals surface area (Å²) in [5.41, 5.74) is 1.08. The Bertz CT molecular complexity index is 423. The molecule has 0 spiro atoms. The van der Waals surface area contributed by atoms with Gasteiger partial charge in [0.05, 0.1) is 0 Å². The van der Waals surface area contributed by atoms with Crippen LogP contribution in [0.2, 0.25) is 0 Å². The van der Waals surface area contributed by atoms with Crippen LogP contribution in [-0.4, -0.2) is 9.55 Å². The summed E-state index contributed by atoms with van der Waals surface area (Å²) in [6.45, 7) is 0. The molecule has 0 bridgehead atoms. The van der Waals surface area contributed by atoms with Gasteiger partial charge in [-0.25, -0.2) is 4.98 Å². The Morgan fingerprint density at radius 2 is 2.08 bits per heavy atom. The fourth-order valence-electron chi connectivity index (χ4n) is 1.10. The monoisotopic (exact) mass is 300 g/mol. The van der Waals surface area contributed by atoms with Crippen LogP contribution in [0.3, 0.4) is 0 Å². The number of hydrogen-bond donors (Lipinski definition) is 0. The zero-order chi connectivity index (χ0) is 9.26. The van der Waals surface area contributed by atoms with E-state index in [-0.39, 0.29) is 0 Å². The first kappa shape index (κ1) is 8.97. The van der Waals surface area contributed by atoms with Crippen molar-refractivity contribution < 1.29 is 0 Å².